The summed E-state index contributed by atoms with van der Waals surface area (Å²) >= 11 is 0. The van der Waals surface area contributed by atoms with Crippen molar-refractivity contribution >= 4 is 17.5 Å². The topological polar surface area (TPSA) is 148 Å². The molecule has 0 radical (unpaired) electrons. The highest BCUT2D eigenvalue weighted by Crippen LogP contribution is 2.37. The number of amidine groups is 1. The average molecular weight is 421 g/mol. The number of carboxylic acids is 1. The van der Waals surface area contributed by atoms with E-state index in [4.69, 9.17) is 26.6 Å². The fourth-order valence-electron chi connectivity index (χ4n) is 2.73. The molecule has 1 aromatic heterocycles. The van der Waals surface area contributed by atoms with Crippen molar-refractivity contribution in [3.63, 3.8) is 0 Å². The minimum atomic E-state index is -2.95. The zero-order chi connectivity index (χ0) is 22.5. The Morgan fingerprint density at radius 1 is 1.37 bits per heavy atom. The summed E-state index contributed by atoms with van der Waals surface area (Å²) in [6.45, 7) is 1.13. The highest BCUT2D eigenvalue weighted by atomic mass is 19.3. The van der Waals surface area contributed by atoms with Crippen LogP contribution < -0.4 is 11.5 Å². The van der Waals surface area contributed by atoms with Gasteiger partial charge in [0.2, 0.25) is 0 Å². The number of nitrogen functional groups attached to an aromatic ring is 1. The Kier molecular flexibility index (Phi) is 6.97. The van der Waals surface area contributed by atoms with Crippen LogP contribution in [0.4, 0.5) is 18.9 Å². The van der Waals surface area contributed by atoms with E-state index in [0.717, 1.165) is 12.1 Å². The molecule has 0 spiro atoms. The summed E-state index contributed by atoms with van der Waals surface area (Å²) in [6.07, 6.45) is -1.70. The summed E-state index contributed by atoms with van der Waals surface area (Å²) in [6, 6.07) is 6.82. The first kappa shape index (κ1) is 22.6. The SMILES string of the molecule is Cc1cc(C#N)cnc1C(=O)O.NC1=N[C@@](c2cc(N)ccc2F)(C(F)F)COC1. The Morgan fingerprint density at radius 3 is 2.60 bits per heavy atom. The number of carboxylic acid groups (broad SMARTS) is 1. The quantitative estimate of drug-likeness (QED) is 0.644. The molecule has 0 amide bonds. The lowest BCUT2D eigenvalue weighted by atomic mass is 9.90. The number of nitrogens with zero attached hydrogens (tertiary/aromatic N) is 3. The second-order valence-electron chi connectivity index (χ2n) is 6.37. The van der Waals surface area contributed by atoms with E-state index in [1.54, 1.807) is 6.92 Å². The monoisotopic (exact) mass is 421 g/mol. The van der Waals surface area contributed by atoms with Gasteiger partial charge in [-0.25, -0.2) is 22.9 Å². The summed E-state index contributed by atoms with van der Waals surface area (Å²) in [4.78, 5) is 17.8. The van der Waals surface area contributed by atoms with Crippen molar-refractivity contribution in [2.24, 2.45) is 10.7 Å². The van der Waals surface area contributed by atoms with Gasteiger partial charge in [-0.15, -0.1) is 0 Å². The Labute approximate surface area is 169 Å². The minimum absolute atomic E-state index is 0.00556. The first-order chi connectivity index (χ1) is 14.1. The number of rotatable bonds is 3. The molecule has 0 bridgehead atoms. The van der Waals surface area contributed by atoms with E-state index in [1.807, 2.05) is 6.07 Å². The van der Waals surface area contributed by atoms with Crippen molar-refractivity contribution in [2.45, 2.75) is 18.9 Å². The summed E-state index contributed by atoms with van der Waals surface area (Å²) in [5.74, 6) is -1.98. The van der Waals surface area contributed by atoms with E-state index in [-0.39, 0.29) is 29.4 Å². The molecule has 3 rings (SSSR count). The van der Waals surface area contributed by atoms with Crippen molar-refractivity contribution in [3.8, 4) is 6.07 Å². The number of anilines is 1. The van der Waals surface area contributed by atoms with Gasteiger partial charge in [0, 0.05) is 17.4 Å². The van der Waals surface area contributed by atoms with Crippen molar-refractivity contribution in [1.82, 2.24) is 4.98 Å². The van der Waals surface area contributed by atoms with Crippen LogP contribution in [-0.4, -0.2) is 41.5 Å². The van der Waals surface area contributed by atoms with Crippen molar-refractivity contribution in [2.75, 3.05) is 18.9 Å². The Morgan fingerprint density at radius 2 is 2.07 bits per heavy atom. The maximum Gasteiger partial charge on any atom is 0.354 e. The lowest BCUT2D eigenvalue weighted by Crippen LogP contribution is -2.45. The molecular weight excluding hydrogens is 403 g/mol. The lowest BCUT2D eigenvalue weighted by Gasteiger charge is -2.33. The molecule has 158 valence electrons. The predicted molar refractivity (Wildman–Crippen MR) is 102 cm³/mol. The van der Waals surface area contributed by atoms with Crippen LogP contribution in [-0.2, 0) is 10.3 Å². The average Bonchev–Trinajstić information content (AvgIpc) is 2.69. The molecule has 0 fully saturated rings. The van der Waals surface area contributed by atoms with Gasteiger partial charge < -0.3 is 21.3 Å². The third kappa shape index (κ3) is 4.84. The number of aromatic carboxylic acids is 1. The number of pyridine rings is 1. The van der Waals surface area contributed by atoms with Gasteiger partial charge in [-0.2, -0.15) is 5.26 Å². The van der Waals surface area contributed by atoms with Crippen LogP contribution in [0.5, 0.6) is 0 Å². The van der Waals surface area contributed by atoms with Crippen LogP contribution >= 0.6 is 0 Å². The summed E-state index contributed by atoms with van der Waals surface area (Å²) in [5.41, 5.74) is 9.52. The van der Waals surface area contributed by atoms with Crippen LogP contribution in [0.2, 0.25) is 0 Å². The molecule has 1 aliphatic heterocycles. The van der Waals surface area contributed by atoms with Gasteiger partial charge in [0.1, 0.15) is 24.3 Å². The number of hydrogen-bond acceptors (Lipinski definition) is 7. The minimum Gasteiger partial charge on any atom is -0.477 e. The van der Waals surface area contributed by atoms with Crippen LogP contribution in [0.3, 0.4) is 0 Å². The number of nitriles is 1. The Bertz CT molecular complexity index is 1020. The molecule has 1 aliphatic rings. The van der Waals surface area contributed by atoms with Gasteiger partial charge in [0.15, 0.2) is 11.2 Å². The molecule has 0 saturated heterocycles. The van der Waals surface area contributed by atoms with Crippen molar-refractivity contribution < 1.29 is 27.8 Å². The largest absolute Gasteiger partial charge is 0.477 e. The number of nitrogens with two attached hydrogens (primary N) is 2. The van der Waals surface area contributed by atoms with E-state index >= 15 is 0 Å². The number of halogens is 3. The molecule has 5 N–H and O–H groups in total. The first-order valence-electron chi connectivity index (χ1n) is 8.46. The molecule has 11 heteroatoms. The van der Waals surface area contributed by atoms with Gasteiger partial charge in [-0.05, 0) is 36.8 Å². The number of aliphatic imine (C=N–C) groups is 1. The molecule has 1 atom stereocenters. The fourth-order valence-corrected chi connectivity index (χ4v) is 2.73. The molecule has 0 unspecified atom stereocenters. The van der Waals surface area contributed by atoms with Crippen LogP contribution in [0.15, 0.2) is 35.5 Å². The lowest BCUT2D eigenvalue weighted by molar-refractivity contribution is -0.0145. The Hall–Kier alpha value is -3.65. The van der Waals surface area contributed by atoms with E-state index in [0.29, 0.717) is 11.1 Å². The number of benzene rings is 1. The maximum atomic E-state index is 13.7. The molecule has 8 nitrogen and oxygen atoms in total. The van der Waals surface area contributed by atoms with Gasteiger partial charge in [-0.1, -0.05) is 0 Å². The van der Waals surface area contributed by atoms with E-state index in [9.17, 15) is 18.0 Å². The second-order valence-corrected chi connectivity index (χ2v) is 6.37. The number of carbonyl (C=O) groups is 1. The highest BCUT2D eigenvalue weighted by Gasteiger charge is 2.46. The third-order valence-electron chi connectivity index (χ3n) is 4.14. The second kappa shape index (κ2) is 9.23. The van der Waals surface area contributed by atoms with Crippen LogP contribution in [0.25, 0.3) is 0 Å². The highest BCUT2D eigenvalue weighted by molar-refractivity contribution is 5.87. The molecule has 2 aromatic rings. The summed E-state index contributed by atoms with van der Waals surface area (Å²) < 4.78 is 45.3. The third-order valence-corrected chi connectivity index (χ3v) is 4.14. The van der Waals surface area contributed by atoms with E-state index < -0.39 is 30.4 Å². The van der Waals surface area contributed by atoms with E-state index in [2.05, 4.69) is 9.98 Å². The molecular formula is C19H18F3N5O3. The molecule has 2 heterocycles. The molecule has 30 heavy (non-hydrogen) atoms. The van der Waals surface area contributed by atoms with Crippen molar-refractivity contribution in [1.29, 1.82) is 5.26 Å². The van der Waals surface area contributed by atoms with Gasteiger partial charge in [-0.3, -0.25) is 4.99 Å². The normalized spacial score (nSPS) is 18.1. The smallest absolute Gasteiger partial charge is 0.354 e. The summed E-state index contributed by atoms with van der Waals surface area (Å²) in [7, 11) is 0. The first-order valence-corrected chi connectivity index (χ1v) is 8.46. The predicted octanol–water partition coefficient (Wildman–Crippen LogP) is 2.22. The molecule has 0 aliphatic carbocycles. The van der Waals surface area contributed by atoms with Crippen LogP contribution in [0.1, 0.15) is 27.2 Å². The zero-order valence-electron chi connectivity index (χ0n) is 15.8. The Balaban J connectivity index is 0.000000232. The standard InChI is InChI=1S/C11H12F3N3O.C8H6N2O2/c12-8-2-1-6(15)3-7(8)11(10(13)14)5-18-4-9(16)17-11;1-5-2-6(3-9)4-10-7(5)8(11)12/h1-3,10H,4-5,15H2,(H2,16,17);2,4H,1H3,(H,11,12)/t11-;/m0./s1. The van der Waals surface area contributed by atoms with Crippen LogP contribution in [0, 0.1) is 24.1 Å². The fraction of sp³-hybridized carbons (Fsp3) is 0.263. The van der Waals surface area contributed by atoms with E-state index in [1.165, 1.54) is 18.3 Å². The summed E-state index contributed by atoms with van der Waals surface area (Å²) in [5, 5.41) is 17.0. The number of hydrogen-bond donors (Lipinski definition) is 3. The number of aryl methyl sites for hydroxylation is 1. The van der Waals surface area contributed by atoms with Gasteiger partial charge in [0.25, 0.3) is 6.43 Å². The number of aromatic nitrogens is 1. The molecule has 1 aromatic carbocycles. The van der Waals surface area contributed by atoms with Gasteiger partial charge in [0.05, 0.1) is 12.2 Å². The number of ether oxygens (including phenoxy) is 1. The maximum absolute atomic E-state index is 13.7. The molecule has 0 saturated carbocycles. The van der Waals surface area contributed by atoms with Gasteiger partial charge >= 0.3 is 5.97 Å². The van der Waals surface area contributed by atoms with Crippen molar-refractivity contribution in [3.05, 3.63) is 58.7 Å². The number of alkyl halides is 2. The zero-order valence-corrected chi connectivity index (χ0v) is 15.8.